The molecular formula is C18H19ClFN3O2. The molecule has 0 bridgehead atoms. The molecule has 1 amide bonds. The van der Waals surface area contributed by atoms with Gasteiger partial charge < -0.3 is 15.3 Å². The van der Waals surface area contributed by atoms with Crippen molar-refractivity contribution in [2.45, 2.75) is 0 Å². The first-order chi connectivity index (χ1) is 12.0. The van der Waals surface area contributed by atoms with E-state index in [-0.39, 0.29) is 23.9 Å². The molecule has 0 saturated carbocycles. The molecule has 132 valence electrons. The Kier molecular flexibility index (Phi) is 5.40. The lowest BCUT2D eigenvalue weighted by Gasteiger charge is -2.35. The van der Waals surface area contributed by atoms with Gasteiger partial charge in [-0.25, -0.2) is 4.39 Å². The van der Waals surface area contributed by atoms with Crippen LogP contribution in [-0.4, -0.2) is 48.6 Å². The Hall–Kier alpha value is -2.31. The van der Waals surface area contributed by atoms with Gasteiger partial charge in [0.05, 0.1) is 17.9 Å². The summed E-state index contributed by atoms with van der Waals surface area (Å²) in [6.45, 7) is 2.95. The van der Waals surface area contributed by atoms with Crippen molar-refractivity contribution in [2.75, 3.05) is 42.9 Å². The summed E-state index contributed by atoms with van der Waals surface area (Å²) in [5, 5.41) is 12.8. The van der Waals surface area contributed by atoms with E-state index >= 15 is 0 Å². The number of halogens is 2. The summed E-state index contributed by atoms with van der Waals surface area (Å²) in [5.41, 5.74) is 0.887. The van der Waals surface area contributed by atoms with Gasteiger partial charge in [-0.1, -0.05) is 23.7 Å². The van der Waals surface area contributed by atoms with Crippen LogP contribution in [0.5, 0.6) is 5.75 Å². The molecule has 1 aliphatic rings. The first kappa shape index (κ1) is 17.5. The zero-order valence-electron chi connectivity index (χ0n) is 13.6. The number of hydrogen-bond donors (Lipinski definition) is 2. The lowest BCUT2D eigenvalue weighted by atomic mass is 10.2. The van der Waals surface area contributed by atoms with Crippen molar-refractivity contribution in [3.8, 4) is 5.75 Å². The number of phenolic OH excluding ortho intramolecular Hbond substituents is 1. The highest BCUT2D eigenvalue weighted by Crippen LogP contribution is 2.27. The summed E-state index contributed by atoms with van der Waals surface area (Å²) in [5.74, 6) is -0.538. The normalized spacial score (nSPS) is 15.2. The summed E-state index contributed by atoms with van der Waals surface area (Å²) in [6, 6.07) is 11.3. The summed E-state index contributed by atoms with van der Waals surface area (Å²) in [6.07, 6.45) is 0. The van der Waals surface area contributed by atoms with Gasteiger partial charge in [0, 0.05) is 31.2 Å². The molecule has 0 aromatic heterocycles. The molecule has 2 aromatic rings. The van der Waals surface area contributed by atoms with E-state index in [4.69, 9.17) is 11.6 Å². The SMILES string of the molecule is O=C(CN1CCN(c2ccccc2O)CC1)Nc1cc(Cl)ccc1F. The van der Waals surface area contributed by atoms with E-state index in [2.05, 4.69) is 10.2 Å². The fourth-order valence-corrected chi connectivity index (χ4v) is 3.04. The van der Waals surface area contributed by atoms with Crippen LogP contribution in [0.3, 0.4) is 0 Å². The molecule has 0 aliphatic carbocycles. The van der Waals surface area contributed by atoms with Crippen LogP contribution in [0.2, 0.25) is 5.02 Å². The predicted octanol–water partition coefficient (Wildman–Crippen LogP) is 2.95. The predicted molar refractivity (Wildman–Crippen MR) is 96.8 cm³/mol. The minimum atomic E-state index is -0.512. The Bertz CT molecular complexity index is 764. The van der Waals surface area contributed by atoms with Crippen LogP contribution in [0.15, 0.2) is 42.5 Å². The number of amides is 1. The Labute approximate surface area is 150 Å². The molecule has 0 radical (unpaired) electrons. The van der Waals surface area contributed by atoms with Gasteiger partial charge in [-0.15, -0.1) is 0 Å². The molecule has 2 N–H and O–H groups in total. The van der Waals surface area contributed by atoms with Crippen molar-refractivity contribution >= 4 is 28.9 Å². The second-order valence-corrected chi connectivity index (χ2v) is 6.36. The van der Waals surface area contributed by atoms with Crippen LogP contribution in [0, 0.1) is 5.82 Å². The lowest BCUT2D eigenvalue weighted by molar-refractivity contribution is -0.117. The van der Waals surface area contributed by atoms with Crippen LogP contribution in [-0.2, 0) is 4.79 Å². The molecule has 25 heavy (non-hydrogen) atoms. The van der Waals surface area contributed by atoms with Gasteiger partial charge in [0.2, 0.25) is 5.91 Å². The molecule has 1 heterocycles. The van der Waals surface area contributed by atoms with Gasteiger partial charge in [0.25, 0.3) is 0 Å². The van der Waals surface area contributed by atoms with E-state index in [1.54, 1.807) is 12.1 Å². The minimum absolute atomic E-state index is 0.0883. The van der Waals surface area contributed by atoms with Crippen LogP contribution >= 0.6 is 11.6 Å². The number of phenols is 1. The zero-order valence-corrected chi connectivity index (χ0v) is 14.3. The number of nitrogens with zero attached hydrogens (tertiary/aromatic N) is 2. The number of carbonyl (C=O) groups excluding carboxylic acids is 1. The number of benzene rings is 2. The fourth-order valence-electron chi connectivity index (χ4n) is 2.86. The van der Waals surface area contributed by atoms with E-state index < -0.39 is 5.82 Å². The highest BCUT2D eigenvalue weighted by atomic mass is 35.5. The Morgan fingerprint density at radius 1 is 1.16 bits per heavy atom. The second kappa shape index (κ2) is 7.72. The molecule has 2 aromatic carbocycles. The topological polar surface area (TPSA) is 55.8 Å². The monoisotopic (exact) mass is 363 g/mol. The fraction of sp³-hybridized carbons (Fsp3) is 0.278. The lowest BCUT2D eigenvalue weighted by Crippen LogP contribution is -2.48. The molecule has 1 aliphatic heterocycles. The Morgan fingerprint density at radius 3 is 2.60 bits per heavy atom. The standard InChI is InChI=1S/C18H19ClFN3O2/c19-13-5-6-14(20)15(11-13)21-18(25)12-22-7-9-23(10-8-22)16-3-1-2-4-17(16)24/h1-6,11,24H,7-10,12H2,(H,21,25). The van der Waals surface area contributed by atoms with Crippen molar-refractivity contribution < 1.29 is 14.3 Å². The summed E-state index contributed by atoms with van der Waals surface area (Å²) >= 11 is 5.82. The van der Waals surface area contributed by atoms with E-state index in [1.807, 2.05) is 17.0 Å². The smallest absolute Gasteiger partial charge is 0.238 e. The highest BCUT2D eigenvalue weighted by Gasteiger charge is 2.21. The quantitative estimate of drug-likeness (QED) is 0.877. The number of anilines is 2. The third-order valence-corrected chi connectivity index (χ3v) is 4.40. The number of carbonyl (C=O) groups is 1. The van der Waals surface area contributed by atoms with E-state index in [1.165, 1.54) is 18.2 Å². The molecular weight excluding hydrogens is 345 g/mol. The van der Waals surface area contributed by atoms with E-state index in [9.17, 15) is 14.3 Å². The highest BCUT2D eigenvalue weighted by molar-refractivity contribution is 6.30. The first-order valence-electron chi connectivity index (χ1n) is 8.03. The largest absolute Gasteiger partial charge is 0.506 e. The Morgan fingerprint density at radius 2 is 1.88 bits per heavy atom. The second-order valence-electron chi connectivity index (χ2n) is 5.92. The molecule has 3 rings (SSSR count). The third kappa shape index (κ3) is 4.41. The van der Waals surface area contributed by atoms with Gasteiger partial charge in [0.15, 0.2) is 0 Å². The van der Waals surface area contributed by atoms with Crippen molar-refractivity contribution in [1.29, 1.82) is 0 Å². The maximum absolute atomic E-state index is 13.7. The van der Waals surface area contributed by atoms with E-state index in [0.29, 0.717) is 31.2 Å². The minimum Gasteiger partial charge on any atom is -0.506 e. The summed E-state index contributed by atoms with van der Waals surface area (Å²) < 4.78 is 13.7. The van der Waals surface area contributed by atoms with Crippen LogP contribution in [0.1, 0.15) is 0 Å². The number of piperazine rings is 1. The number of para-hydroxylation sites is 2. The Balaban J connectivity index is 1.53. The zero-order chi connectivity index (χ0) is 17.8. The average molecular weight is 364 g/mol. The first-order valence-corrected chi connectivity index (χ1v) is 8.41. The maximum atomic E-state index is 13.7. The molecule has 0 spiro atoms. The number of rotatable bonds is 4. The summed E-state index contributed by atoms with van der Waals surface area (Å²) in [4.78, 5) is 16.2. The van der Waals surface area contributed by atoms with Gasteiger partial charge in [-0.2, -0.15) is 0 Å². The van der Waals surface area contributed by atoms with E-state index in [0.717, 1.165) is 5.69 Å². The van der Waals surface area contributed by atoms with Gasteiger partial charge >= 0.3 is 0 Å². The number of nitrogens with one attached hydrogen (secondary N) is 1. The molecule has 7 heteroatoms. The van der Waals surface area contributed by atoms with Crippen LogP contribution in [0.25, 0.3) is 0 Å². The van der Waals surface area contributed by atoms with Crippen molar-refractivity contribution in [2.24, 2.45) is 0 Å². The number of aromatic hydroxyl groups is 1. The number of hydrogen-bond acceptors (Lipinski definition) is 4. The van der Waals surface area contributed by atoms with Gasteiger partial charge in [-0.3, -0.25) is 9.69 Å². The molecule has 1 fully saturated rings. The van der Waals surface area contributed by atoms with Gasteiger partial charge in [-0.05, 0) is 30.3 Å². The molecule has 0 atom stereocenters. The molecule has 5 nitrogen and oxygen atoms in total. The van der Waals surface area contributed by atoms with Crippen LogP contribution in [0.4, 0.5) is 15.8 Å². The third-order valence-electron chi connectivity index (χ3n) is 4.16. The molecule has 0 unspecified atom stereocenters. The summed E-state index contributed by atoms with van der Waals surface area (Å²) in [7, 11) is 0. The van der Waals surface area contributed by atoms with Crippen molar-refractivity contribution in [3.05, 3.63) is 53.3 Å². The van der Waals surface area contributed by atoms with Crippen molar-refractivity contribution in [3.63, 3.8) is 0 Å². The average Bonchev–Trinajstić information content (AvgIpc) is 2.59. The van der Waals surface area contributed by atoms with Gasteiger partial charge in [0.1, 0.15) is 11.6 Å². The molecule has 1 saturated heterocycles. The van der Waals surface area contributed by atoms with Crippen molar-refractivity contribution in [1.82, 2.24) is 4.90 Å². The van der Waals surface area contributed by atoms with Crippen LogP contribution < -0.4 is 10.2 Å². The maximum Gasteiger partial charge on any atom is 0.238 e.